The van der Waals surface area contributed by atoms with Crippen molar-refractivity contribution in [3.05, 3.63) is 59.2 Å². The number of hydrogen-bond donors (Lipinski definition) is 2. The zero-order chi connectivity index (χ0) is 14.7. The number of fused-ring (bicyclic) bond motifs is 1. The van der Waals surface area contributed by atoms with Gasteiger partial charge in [-0.15, -0.1) is 18.8 Å². The highest BCUT2D eigenvalue weighted by Gasteiger charge is 2.15. The molecule has 0 radical (unpaired) electrons. The number of carbonyl (C=O) groups is 2. The normalized spacial score (nSPS) is 9.29. The molecule has 0 spiro atoms. The number of carboxylic acids is 2. The molecule has 0 saturated carbocycles. The fraction of sp³-hybridized carbons (Fsp3) is 0. The number of terminal acetylenes is 1. The first-order valence-electron chi connectivity index (χ1n) is 5.71. The van der Waals surface area contributed by atoms with Gasteiger partial charge in [0.1, 0.15) is 0 Å². The summed E-state index contributed by atoms with van der Waals surface area (Å²) in [6.07, 6.45) is 5.05. The van der Waals surface area contributed by atoms with Gasteiger partial charge in [0.25, 0.3) is 0 Å². The SMILES string of the molecule is C#Cc1c(C(=O)O)cccc1C(=O)O.Cl.c1cc2cc-2c1. The van der Waals surface area contributed by atoms with Gasteiger partial charge in [-0.2, -0.15) is 0 Å². The van der Waals surface area contributed by atoms with Gasteiger partial charge in [-0.1, -0.05) is 30.2 Å². The number of hydrogen-bond acceptors (Lipinski definition) is 2. The molecule has 0 aromatic heterocycles. The van der Waals surface area contributed by atoms with Crippen molar-refractivity contribution in [1.29, 1.82) is 0 Å². The second-order valence-electron chi connectivity index (χ2n) is 4.06. The molecule has 5 heteroatoms. The van der Waals surface area contributed by atoms with E-state index in [0.717, 1.165) is 0 Å². The predicted molar refractivity (Wildman–Crippen MR) is 81.0 cm³/mol. The van der Waals surface area contributed by atoms with Crippen LogP contribution in [0.5, 0.6) is 0 Å². The molecule has 0 bridgehead atoms. The maximum absolute atomic E-state index is 10.7. The Labute approximate surface area is 127 Å². The topological polar surface area (TPSA) is 74.6 Å². The van der Waals surface area contributed by atoms with E-state index in [9.17, 15) is 9.59 Å². The molecule has 21 heavy (non-hydrogen) atoms. The molecule has 2 N–H and O–H groups in total. The summed E-state index contributed by atoms with van der Waals surface area (Å²) in [6.45, 7) is 0. The lowest BCUT2D eigenvalue weighted by Gasteiger charge is -2.02. The molecule has 3 rings (SSSR count). The van der Waals surface area contributed by atoms with E-state index in [1.165, 1.54) is 29.3 Å². The smallest absolute Gasteiger partial charge is 0.336 e. The minimum atomic E-state index is -1.24. The molecule has 0 atom stereocenters. The second-order valence-corrected chi connectivity index (χ2v) is 4.06. The molecule has 0 aliphatic heterocycles. The van der Waals surface area contributed by atoms with Crippen molar-refractivity contribution in [1.82, 2.24) is 0 Å². The summed E-state index contributed by atoms with van der Waals surface area (Å²) in [5.41, 5.74) is 2.40. The Morgan fingerprint density at radius 3 is 1.57 bits per heavy atom. The van der Waals surface area contributed by atoms with E-state index in [2.05, 4.69) is 30.2 Å². The fourth-order valence-corrected chi connectivity index (χ4v) is 1.74. The minimum absolute atomic E-state index is 0. The number of aromatic carboxylic acids is 2. The third-order valence-electron chi connectivity index (χ3n) is 2.78. The number of carboxylic acid groups (broad SMARTS) is 2. The molecule has 0 fully saturated rings. The first-order chi connectivity index (χ1) is 9.54. The molecule has 2 aliphatic rings. The van der Waals surface area contributed by atoms with Gasteiger partial charge in [-0.3, -0.25) is 0 Å². The number of benzene rings is 2. The van der Waals surface area contributed by atoms with Gasteiger partial charge in [0.05, 0.1) is 16.7 Å². The molecule has 0 unspecified atom stereocenters. The molecule has 1 aromatic carbocycles. The first-order valence-corrected chi connectivity index (χ1v) is 5.71. The number of rotatable bonds is 2. The first kappa shape index (κ1) is 16.3. The average Bonchev–Trinajstić information content (AvgIpc) is 3.04. The quantitative estimate of drug-likeness (QED) is 0.713. The summed E-state index contributed by atoms with van der Waals surface area (Å²) in [7, 11) is 0. The van der Waals surface area contributed by atoms with Gasteiger partial charge >= 0.3 is 11.9 Å². The van der Waals surface area contributed by atoms with Crippen LogP contribution in [0.2, 0.25) is 0 Å². The Morgan fingerprint density at radius 1 is 0.905 bits per heavy atom. The van der Waals surface area contributed by atoms with Gasteiger partial charge in [0.15, 0.2) is 0 Å². The lowest BCUT2D eigenvalue weighted by atomic mass is 10.0. The average molecular weight is 303 g/mol. The van der Waals surface area contributed by atoms with Crippen molar-refractivity contribution < 1.29 is 19.8 Å². The van der Waals surface area contributed by atoms with Crippen LogP contribution < -0.4 is 0 Å². The van der Waals surface area contributed by atoms with Crippen LogP contribution in [0, 0.1) is 12.3 Å². The zero-order valence-corrected chi connectivity index (χ0v) is 11.6. The van der Waals surface area contributed by atoms with Crippen LogP contribution in [-0.4, -0.2) is 22.2 Å². The molecule has 2 aliphatic carbocycles. The Morgan fingerprint density at radius 2 is 1.33 bits per heavy atom. The fourth-order valence-electron chi connectivity index (χ4n) is 1.74. The summed E-state index contributed by atoms with van der Waals surface area (Å²) in [5, 5.41) is 17.4. The van der Waals surface area contributed by atoms with Crippen LogP contribution in [-0.2, 0) is 0 Å². The lowest BCUT2D eigenvalue weighted by Crippen LogP contribution is -2.07. The predicted octanol–water partition coefficient (Wildman–Crippen LogP) is 3.15. The highest BCUT2D eigenvalue weighted by molar-refractivity contribution is 5.98. The van der Waals surface area contributed by atoms with Crippen LogP contribution in [0.1, 0.15) is 26.3 Å². The Hall–Kier alpha value is -2.77. The Kier molecular flexibility index (Phi) is 5.12. The van der Waals surface area contributed by atoms with E-state index >= 15 is 0 Å². The van der Waals surface area contributed by atoms with Crippen molar-refractivity contribution in [3.8, 4) is 23.5 Å². The van der Waals surface area contributed by atoms with Crippen molar-refractivity contribution in [2.45, 2.75) is 0 Å². The third-order valence-corrected chi connectivity index (χ3v) is 2.78. The van der Waals surface area contributed by atoms with Crippen LogP contribution >= 0.6 is 12.4 Å². The van der Waals surface area contributed by atoms with Crippen LogP contribution in [0.4, 0.5) is 0 Å². The van der Waals surface area contributed by atoms with Crippen LogP contribution in [0.3, 0.4) is 0 Å². The van der Waals surface area contributed by atoms with Crippen molar-refractivity contribution in [2.24, 2.45) is 0 Å². The summed E-state index contributed by atoms with van der Waals surface area (Å²) >= 11 is 0. The van der Waals surface area contributed by atoms with Gasteiger partial charge in [0, 0.05) is 0 Å². The van der Waals surface area contributed by atoms with Crippen molar-refractivity contribution in [3.63, 3.8) is 0 Å². The molecule has 4 nitrogen and oxygen atoms in total. The molecular weight excluding hydrogens is 292 g/mol. The van der Waals surface area contributed by atoms with Gasteiger partial charge in [0.2, 0.25) is 0 Å². The zero-order valence-electron chi connectivity index (χ0n) is 10.7. The standard InChI is InChI=1S/C10H6O4.C6H4.ClH/c1-2-6-7(9(11)12)4-3-5-8(6)10(13)14;1-2-5-4-6(5)3-1;/h1,3-5H,(H,11,12)(H,13,14);1-4H;1H. The van der Waals surface area contributed by atoms with E-state index in [4.69, 9.17) is 16.6 Å². The van der Waals surface area contributed by atoms with E-state index in [1.807, 2.05) is 0 Å². The molecule has 0 amide bonds. The minimum Gasteiger partial charge on any atom is -0.478 e. The summed E-state index contributed by atoms with van der Waals surface area (Å²) in [5.74, 6) is -0.405. The summed E-state index contributed by atoms with van der Waals surface area (Å²) < 4.78 is 0. The summed E-state index contributed by atoms with van der Waals surface area (Å²) in [4.78, 5) is 21.3. The Balaban J connectivity index is 0.000000259. The van der Waals surface area contributed by atoms with E-state index in [0.29, 0.717) is 0 Å². The third kappa shape index (κ3) is 3.62. The highest BCUT2D eigenvalue weighted by atomic mass is 35.5. The van der Waals surface area contributed by atoms with E-state index in [-0.39, 0.29) is 29.1 Å². The van der Waals surface area contributed by atoms with Gasteiger partial charge in [-0.25, -0.2) is 9.59 Å². The maximum atomic E-state index is 10.7. The Bertz CT molecular complexity index is 695. The van der Waals surface area contributed by atoms with Crippen molar-refractivity contribution >= 4 is 24.3 Å². The molecule has 106 valence electrons. The monoisotopic (exact) mass is 302 g/mol. The summed E-state index contributed by atoms with van der Waals surface area (Å²) in [6, 6.07) is 12.4. The number of halogens is 1. The van der Waals surface area contributed by atoms with E-state index < -0.39 is 11.9 Å². The van der Waals surface area contributed by atoms with Crippen LogP contribution in [0.15, 0.2) is 42.5 Å². The second kappa shape index (κ2) is 6.60. The molecule has 0 heterocycles. The van der Waals surface area contributed by atoms with Crippen molar-refractivity contribution in [2.75, 3.05) is 0 Å². The largest absolute Gasteiger partial charge is 0.478 e. The molecule has 1 aromatic rings. The van der Waals surface area contributed by atoms with E-state index in [1.54, 1.807) is 0 Å². The molecular formula is C16H11ClO4. The van der Waals surface area contributed by atoms with Crippen LogP contribution in [0.25, 0.3) is 11.1 Å². The molecule has 0 saturated heterocycles. The maximum Gasteiger partial charge on any atom is 0.336 e. The lowest BCUT2D eigenvalue weighted by molar-refractivity contribution is 0.0696. The van der Waals surface area contributed by atoms with Gasteiger partial charge < -0.3 is 10.2 Å². The van der Waals surface area contributed by atoms with Gasteiger partial charge in [-0.05, 0) is 29.3 Å². The highest BCUT2D eigenvalue weighted by Crippen LogP contribution is 2.32.